The maximum atomic E-state index is 12.0. The first kappa shape index (κ1) is 13.6. The van der Waals surface area contributed by atoms with Crippen LogP contribution in [0, 0.1) is 0 Å². The first-order valence-corrected chi connectivity index (χ1v) is 7.71. The van der Waals surface area contributed by atoms with E-state index in [1.807, 2.05) is 29.6 Å². The maximum Gasteiger partial charge on any atom is 0.258 e. The van der Waals surface area contributed by atoms with Gasteiger partial charge in [0.05, 0.1) is 23.6 Å². The molecule has 0 atom stereocenters. The van der Waals surface area contributed by atoms with Crippen LogP contribution in [-0.4, -0.2) is 29.6 Å². The van der Waals surface area contributed by atoms with Crippen molar-refractivity contribution in [2.24, 2.45) is 0 Å². The van der Waals surface area contributed by atoms with Gasteiger partial charge >= 0.3 is 0 Å². The van der Waals surface area contributed by atoms with E-state index in [-0.39, 0.29) is 5.56 Å². The van der Waals surface area contributed by atoms with E-state index in [2.05, 4.69) is 25.8 Å². The minimum atomic E-state index is -0.0817. The molecule has 0 saturated heterocycles. The number of hydrogen-bond acceptors (Lipinski definition) is 7. The normalized spacial score (nSPS) is 11.0. The van der Waals surface area contributed by atoms with Crippen LogP contribution in [0.2, 0.25) is 0 Å². The van der Waals surface area contributed by atoms with Crippen molar-refractivity contribution in [2.45, 2.75) is 6.54 Å². The van der Waals surface area contributed by atoms with Gasteiger partial charge in [0, 0.05) is 17.6 Å². The van der Waals surface area contributed by atoms with Gasteiger partial charge < -0.3 is 5.32 Å². The van der Waals surface area contributed by atoms with Crippen molar-refractivity contribution in [1.82, 2.24) is 29.6 Å². The van der Waals surface area contributed by atoms with Crippen LogP contribution in [0.1, 0.15) is 5.69 Å². The van der Waals surface area contributed by atoms with Gasteiger partial charge in [-0.15, -0.1) is 16.4 Å². The zero-order valence-electron chi connectivity index (χ0n) is 11.8. The summed E-state index contributed by atoms with van der Waals surface area (Å²) in [4.78, 5) is 17.2. The van der Waals surface area contributed by atoms with Crippen molar-refractivity contribution >= 4 is 22.0 Å². The van der Waals surface area contributed by atoms with E-state index in [1.165, 1.54) is 28.1 Å². The van der Waals surface area contributed by atoms with Crippen LogP contribution >= 0.6 is 11.3 Å². The quantitative estimate of drug-likeness (QED) is 0.609. The second kappa shape index (κ2) is 5.61. The van der Waals surface area contributed by atoms with E-state index >= 15 is 0 Å². The number of fused-ring (bicyclic) bond motifs is 1. The van der Waals surface area contributed by atoms with Crippen LogP contribution in [0.3, 0.4) is 0 Å². The van der Waals surface area contributed by atoms with Crippen LogP contribution in [0.5, 0.6) is 0 Å². The number of nitrogens with one attached hydrogen (secondary N) is 1. The highest BCUT2D eigenvalue weighted by Gasteiger charge is 2.07. The van der Waals surface area contributed by atoms with E-state index in [9.17, 15) is 4.79 Å². The Morgan fingerprint density at radius 3 is 3.04 bits per heavy atom. The monoisotopic (exact) mass is 325 g/mol. The Hall–Kier alpha value is -3.07. The van der Waals surface area contributed by atoms with Crippen LogP contribution in [-0.2, 0) is 6.54 Å². The molecule has 0 radical (unpaired) electrons. The molecule has 4 rings (SSSR count). The molecule has 0 aliphatic rings. The van der Waals surface area contributed by atoms with E-state index in [4.69, 9.17) is 0 Å². The van der Waals surface area contributed by atoms with Crippen LogP contribution < -0.4 is 10.9 Å². The van der Waals surface area contributed by atoms with Gasteiger partial charge in [0.15, 0.2) is 4.96 Å². The Labute approximate surface area is 134 Å². The smallest absolute Gasteiger partial charge is 0.258 e. The molecule has 4 aromatic rings. The molecule has 114 valence electrons. The largest absolute Gasteiger partial charge is 0.378 e. The van der Waals surface area contributed by atoms with Gasteiger partial charge in [-0.2, -0.15) is 4.68 Å². The summed E-state index contributed by atoms with van der Waals surface area (Å²) < 4.78 is 3.11. The molecule has 3 heterocycles. The molecule has 0 saturated carbocycles. The molecule has 3 aromatic heterocycles. The average molecular weight is 325 g/mol. The molecule has 1 aromatic carbocycles. The lowest BCUT2D eigenvalue weighted by Crippen LogP contribution is -2.15. The van der Waals surface area contributed by atoms with Crippen molar-refractivity contribution in [3.63, 3.8) is 0 Å². The van der Waals surface area contributed by atoms with Gasteiger partial charge in [-0.1, -0.05) is 12.1 Å². The zero-order valence-corrected chi connectivity index (χ0v) is 12.6. The second-order valence-electron chi connectivity index (χ2n) is 4.77. The fourth-order valence-corrected chi connectivity index (χ4v) is 3.00. The Balaban J connectivity index is 1.63. The van der Waals surface area contributed by atoms with Gasteiger partial charge in [0.25, 0.3) is 5.56 Å². The summed E-state index contributed by atoms with van der Waals surface area (Å²) in [6.07, 6.45) is 3.25. The molecule has 0 bridgehead atoms. The highest BCUT2D eigenvalue weighted by atomic mass is 32.1. The summed E-state index contributed by atoms with van der Waals surface area (Å²) in [5.74, 6) is 0. The molecule has 8 nitrogen and oxygen atoms in total. The summed E-state index contributed by atoms with van der Waals surface area (Å²) in [6.45, 7) is 0.433. The predicted octanol–water partition coefficient (Wildman–Crippen LogP) is 1.34. The summed E-state index contributed by atoms with van der Waals surface area (Å²) in [6, 6.07) is 9.19. The third-order valence-electron chi connectivity index (χ3n) is 3.32. The van der Waals surface area contributed by atoms with Crippen LogP contribution in [0.4, 0.5) is 5.69 Å². The first-order chi connectivity index (χ1) is 11.3. The molecule has 0 aliphatic heterocycles. The van der Waals surface area contributed by atoms with Crippen molar-refractivity contribution < 1.29 is 0 Å². The Bertz CT molecular complexity index is 1010. The molecule has 0 unspecified atom stereocenters. The van der Waals surface area contributed by atoms with E-state index in [1.54, 1.807) is 10.9 Å². The van der Waals surface area contributed by atoms with Gasteiger partial charge in [0.2, 0.25) is 0 Å². The molecular formula is C14H11N7OS. The van der Waals surface area contributed by atoms with Crippen molar-refractivity contribution in [2.75, 3.05) is 5.32 Å². The Morgan fingerprint density at radius 2 is 2.17 bits per heavy atom. The number of nitrogens with zero attached hydrogens (tertiary/aromatic N) is 6. The SMILES string of the molecule is O=c1cc(CNc2ccccc2-n2cnnn2)nc2sccn12. The topological polar surface area (TPSA) is 90.0 Å². The van der Waals surface area contributed by atoms with Gasteiger partial charge in [-0.3, -0.25) is 9.20 Å². The van der Waals surface area contributed by atoms with Gasteiger partial charge in [-0.25, -0.2) is 4.98 Å². The van der Waals surface area contributed by atoms with Gasteiger partial charge in [-0.05, 0) is 22.6 Å². The number of thiazole rings is 1. The minimum Gasteiger partial charge on any atom is -0.378 e. The maximum absolute atomic E-state index is 12.0. The number of benzene rings is 1. The molecular weight excluding hydrogens is 314 g/mol. The van der Waals surface area contributed by atoms with E-state index < -0.39 is 0 Å². The third-order valence-corrected chi connectivity index (χ3v) is 4.07. The summed E-state index contributed by atoms with van der Waals surface area (Å²) in [7, 11) is 0. The van der Waals surface area contributed by atoms with E-state index in [0.29, 0.717) is 17.2 Å². The number of anilines is 1. The van der Waals surface area contributed by atoms with Crippen LogP contribution in [0.25, 0.3) is 10.6 Å². The fraction of sp³-hybridized carbons (Fsp3) is 0.0714. The number of para-hydroxylation sites is 2. The fourth-order valence-electron chi connectivity index (χ4n) is 2.26. The minimum absolute atomic E-state index is 0.0817. The van der Waals surface area contributed by atoms with Crippen molar-refractivity contribution in [3.8, 4) is 5.69 Å². The predicted molar refractivity (Wildman–Crippen MR) is 85.8 cm³/mol. The molecule has 0 amide bonds. The van der Waals surface area contributed by atoms with Gasteiger partial charge in [0.1, 0.15) is 6.33 Å². The summed E-state index contributed by atoms with van der Waals surface area (Å²) in [5.41, 5.74) is 2.28. The standard InChI is InChI=1S/C14H11N7OS/c22-13-7-10(17-14-20(13)5-6-23-14)8-15-11-3-1-2-4-12(11)21-9-16-18-19-21/h1-7,9,15H,8H2. The first-order valence-electron chi connectivity index (χ1n) is 6.83. The third kappa shape index (κ3) is 2.57. The number of hydrogen-bond donors (Lipinski definition) is 1. The average Bonchev–Trinajstić information content (AvgIpc) is 3.25. The molecule has 1 N–H and O–H groups in total. The molecule has 0 fully saturated rings. The van der Waals surface area contributed by atoms with E-state index in [0.717, 1.165) is 11.4 Å². The summed E-state index contributed by atoms with van der Waals surface area (Å²) >= 11 is 1.43. The van der Waals surface area contributed by atoms with Crippen LogP contribution in [0.15, 0.2) is 53.0 Å². The molecule has 9 heteroatoms. The second-order valence-corrected chi connectivity index (χ2v) is 5.64. The highest BCUT2D eigenvalue weighted by Crippen LogP contribution is 2.19. The van der Waals surface area contributed by atoms with Crippen molar-refractivity contribution in [1.29, 1.82) is 0 Å². The number of tetrazole rings is 1. The lowest BCUT2D eigenvalue weighted by Gasteiger charge is -2.10. The zero-order chi connectivity index (χ0) is 15.6. The lowest BCUT2D eigenvalue weighted by molar-refractivity contribution is 0.789. The summed E-state index contributed by atoms with van der Waals surface area (Å²) in [5, 5.41) is 16.3. The van der Waals surface area contributed by atoms with Crippen molar-refractivity contribution in [3.05, 3.63) is 64.3 Å². The molecule has 0 aliphatic carbocycles. The Morgan fingerprint density at radius 1 is 1.26 bits per heavy atom. The molecule has 0 spiro atoms. The highest BCUT2D eigenvalue weighted by molar-refractivity contribution is 7.15. The number of aromatic nitrogens is 6. The number of rotatable bonds is 4. The molecule has 23 heavy (non-hydrogen) atoms. The lowest BCUT2D eigenvalue weighted by atomic mass is 10.2. The Kier molecular flexibility index (Phi) is 3.31.